The molecule has 4 aromatic heterocycles. The third kappa shape index (κ3) is 6.04. The number of para-hydroxylation sites is 1. The molecular formula is C43H40F6OS3. The fourth-order valence-corrected chi connectivity index (χ4v) is 10.1. The third-order valence-corrected chi connectivity index (χ3v) is 14.2. The number of alkyl halides is 6. The highest BCUT2D eigenvalue weighted by atomic mass is 32.1. The normalized spacial score (nSPS) is 17.3. The molecule has 0 unspecified atom stereocenters. The zero-order valence-electron chi connectivity index (χ0n) is 30.9. The van der Waals surface area contributed by atoms with Crippen LogP contribution in [0.25, 0.3) is 52.9 Å². The SMILES string of the molecule is CC(C)(C)c1ccc(-c2oc3ccccc3c2C2=C(c3cc(-c4ccc(C(C)(C)C)s4)sc3-c3ccc(C(C)(C)C)s3)C(F)(F)C(F)(F)C2(F)F)cc1. The molecule has 0 radical (unpaired) electrons. The van der Waals surface area contributed by atoms with Crippen molar-refractivity contribution in [2.24, 2.45) is 0 Å². The number of rotatable bonds is 5. The maximum absolute atomic E-state index is 16.7. The van der Waals surface area contributed by atoms with Crippen molar-refractivity contribution >= 4 is 56.1 Å². The Morgan fingerprint density at radius 3 is 1.66 bits per heavy atom. The van der Waals surface area contributed by atoms with E-state index in [4.69, 9.17) is 4.42 Å². The van der Waals surface area contributed by atoms with Crippen molar-refractivity contribution in [1.29, 1.82) is 0 Å². The molecular weight excluding hydrogens is 743 g/mol. The van der Waals surface area contributed by atoms with E-state index in [2.05, 4.69) is 20.8 Å². The molecule has 4 heterocycles. The van der Waals surface area contributed by atoms with Crippen molar-refractivity contribution < 1.29 is 30.8 Å². The van der Waals surface area contributed by atoms with Crippen LogP contribution >= 0.6 is 34.0 Å². The number of fused-ring (bicyclic) bond motifs is 1. The number of benzene rings is 2. The summed E-state index contributed by atoms with van der Waals surface area (Å²) in [6.45, 7) is 18.2. The second kappa shape index (κ2) is 12.2. The predicted molar refractivity (Wildman–Crippen MR) is 210 cm³/mol. The molecule has 7 rings (SSSR count). The van der Waals surface area contributed by atoms with Crippen molar-refractivity contribution in [1.82, 2.24) is 0 Å². The lowest BCUT2D eigenvalue weighted by atomic mass is 9.86. The van der Waals surface area contributed by atoms with Gasteiger partial charge in [-0.25, -0.2) is 0 Å². The van der Waals surface area contributed by atoms with Crippen molar-refractivity contribution in [2.75, 3.05) is 0 Å². The Bertz CT molecular complexity index is 2380. The predicted octanol–water partition coefficient (Wildman–Crippen LogP) is 15.3. The first-order valence-corrected chi connectivity index (χ1v) is 19.8. The Kier molecular flexibility index (Phi) is 8.68. The van der Waals surface area contributed by atoms with Crippen molar-refractivity contribution in [3.8, 4) is 30.8 Å². The Hall–Kier alpha value is -3.60. The van der Waals surface area contributed by atoms with Gasteiger partial charge in [0, 0.05) is 57.6 Å². The summed E-state index contributed by atoms with van der Waals surface area (Å²) in [4.78, 5) is 3.99. The van der Waals surface area contributed by atoms with Crippen LogP contribution in [0.1, 0.15) is 88.8 Å². The molecule has 0 spiro atoms. The van der Waals surface area contributed by atoms with Gasteiger partial charge in [0.1, 0.15) is 11.3 Å². The van der Waals surface area contributed by atoms with Crippen LogP contribution in [-0.2, 0) is 16.2 Å². The standard InChI is InChI=1S/C43H40F6OS3/c1-38(2,3)24-16-14-23(15-17-24)36-33(25-12-10-11-13-27(25)50-36)35-34(41(44,45)43(48,49)42(35,46)47)26-22-30(28-18-20-31(51-28)39(4,5)6)53-37(26)29-19-21-32(52-29)40(7,8)9/h10-22H,1-9H3. The van der Waals surface area contributed by atoms with Crippen LogP contribution in [0.15, 0.2) is 83.3 Å². The fraction of sp³-hybridized carbons (Fsp3) is 0.349. The van der Waals surface area contributed by atoms with E-state index in [9.17, 15) is 0 Å². The van der Waals surface area contributed by atoms with Gasteiger partial charge >= 0.3 is 17.8 Å². The van der Waals surface area contributed by atoms with Gasteiger partial charge in [0.15, 0.2) is 0 Å². The molecule has 1 aliphatic carbocycles. The Labute approximate surface area is 318 Å². The first-order valence-electron chi connectivity index (χ1n) is 17.3. The Morgan fingerprint density at radius 2 is 1.09 bits per heavy atom. The van der Waals surface area contributed by atoms with Gasteiger partial charge in [0.05, 0.1) is 4.88 Å². The summed E-state index contributed by atoms with van der Waals surface area (Å²) in [6, 6.07) is 21.9. The van der Waals surface area contributed by atoms with Gasteiger partial charge in [-0.2, -0.15) is 26.3 Å². The lowest BCUT2D eigenvalue weighted by Crippen LogP contribution is -2.48. The van der Waals surface area contributed by atoms with Crippen LogP contribution in [0.2, 0.25) is 0 Å². The molecule has 10 heteroatoms. The van der Waals surface area contributed by atoms with E-state index in [1.165, 1.54) is 40.9 Å². The molecule has 0 aliphatic heterocycles. The number of furan rings is 1. The minimum absolute atomic E-state index is 0.0410. The first-order chi connectivity index (χ1) is 24.4. The zero-order chi connectivity index (χ0) is 38.7. The maximum atomic E-state index is 16.7. The van der Waals surface area contributed by atoms with E-state index < -0.39 is 34.5 Å². The topological polar surface area (TPSA) is 13.1 Å². The largest absolute Gasteiger partial charge is 0.455 e. The minimum atomic E-state index is -5.75. The van der Waals surface area contributed by atoms with Crippen LogP contribution in [0.4, 0.5) is 26.3 Å². The second-order valence-electron chi connectivity index (χ2n) is 16.8. The summed E-state index contributed by atoms with van der Waals surface area (Å²) in [5, 5.41) is 0.0410. The van der Waals surface area contributed by atoms with Gasteiger partial charge in [0.25, 0.3) is 0 Å². The molecule has 0 fully saturated rings. The molecule has 0 saturated heterocycles. The van der Waals surface area contributed by atoms with E-state index in [1.54, 1.807) is 42.5 Å². The smallest absolute Gasteiger partial charge is 0.380 e. The fourth-order valence-electron chi connectivity index (χ4n) is 6.65. The van der Waals surface area contributed by atoms with Crippen LogP contribution in [0.5, 0.6) is 0 Å². The van der Waals surface area contributed by atoms with E-state index in [1.807, 2.05) is 59.7 Å². The molecule has 0 amide bonds. The van der Waals surface area contributed by atoms with Crippen LogP contribution in [-0.4, -0.2) is 17.8 Å². The summed E-state index contributed by atoms with van der Waals surface area (Å²) in [6.07, 6.45) is 0. The molecule has 0 saturated carbocycles. The van der Waals surface area contributed by atoms with Gasteiger partial charge in [-0.15, -0.1) is 34.0 Å². The summed E-state index contributed by atoms with van der Waals surface area (Å²) >= 11 is 3.95. The summed E-state index contributed by atoms with van der Waals surface area (Å²) in [7, 11) is 0. The van der Waals surface area contributed by atoms with Crippen molar-refractivity contribution in [3.05, 3.63) is 105 Å². The molecule has 0 bridgehead atoms. The molecule has 1 aliphatic rings. The molecule has 53 heavy (non-hydrogen) atoms. The van der Waals surface area contributed by atoms with E-state index in [0.717, 1.165) is 31.5 Å². The van der Waals surface area contributed by atoms with Gasteiger partial charge in [-0.05, 0) is 58.2 Å². The minimum Gasteiger partial charge on any atom is -0.455 e. The number of hydrogen-bond acceptors (Lipinski definition) is 4. The molecule has 6 aromatic rings. The van der Waals surface area contributed by atoms with Crippen LogP contribution < -0.4 is 0 Å². The second-order valence-corrected chi connectivity index (χ2v) is 20.0. The average Bonchev–Trinajstić information content (AvgIpc) is 3.87. The molecule has 1 nitrogen and oxygen atoms in total. The molecule has 0 N–H and O–H groups in total. The summed E-state index contributed by atoms with van der Waals surface area (Å²) < 4.78 is 105. The van der Waals surface area contributed by atoms with Crippen molar-refractivity contribution in [3.63, 3.8) is 0 Å². The van der Waals surface area contributed by atoms with Crippen molar-refractivity contribution in [2.45, 2.75) is 96.3 Å². The number of hydrogen-bond donors (Lipinski definition) is 0. The lowest BCUT2D eigenvalue weighted by molar-refractivity contribution is -0.254. The number of halogens is 6. The quantitative estimate of drug-likeness (QED) is 0.159. The highest BCUT2D eigenvalue weighted by Crippen LogP contribution is 2.67. The third-order valence-electron chi connectivity index (χ3n) is 9.68. The van der Waals surface area contributed by atoms with Crippen LogP contribution in [0, 0.1) is 0 Å². The highest BCUT2D eigenvalue weighted by molar-refractivity contribution is 7.26. The van der Waals surface area contributed by atoms with E-state index in [-0.39, 0.29) is 43.4 Å². The first kappa shape index (κ1) is 37.7. The molecule has 278 valence electrons. The molecule has 2 aromatic carbocycles. The summed E-state index contributed by atoms with van der Waals surface area (Å²) in [5.41, 5.74) is -3.00. The van der Waals surface area contributed by atoms with E-state index in [0.29, 0.717) is 15.3 Å². The summed E-state index contributed by atoms with van der Waals surface area (Å²) in [5.74, 6) is -16.4. The van der Waals surface area contributed by atoms with Gasteiger partial charge in [0.2, 0.25) is 0 Å². The monoisotopic (exact) mass is 782 g/mol. The number of allylic oxidation sites excluding steroid dienone is 2. The maximum Gasteiger partial charge on any atom is 0.380 e. The number of thiophene rings is 3. The average molecular weight is 783 g/mol. The lowest BCUT2D eigenvalue weighted by Gasteiger charge is -2.26. The Morgan fingerprint density at radius 1 is 0.547 bits per heavy atom. The highest BCUT2D eigenvalue weighted by Gasteiger charge is 2.80. The van der Waals surface area contributed by atoms with Gasteiger partial charge < -0.3 is 4.42 Å². The van der Waals surface area contributed by atoms with E-state index >= 15 is 26.3 Å². The van der Waals surface area contributed by atoms with Crippen LogP contribution in [0.3, 0.4) is 0 Å². The Balaban J connectivity index is 1.58. The van der Waals surface area contributed by atoms with Gasteiger partial charge in [-0.3, -0.25) is 0 Å². The molecule has 0 atom stereocenters. The zero-order valence-corrected chi connectivity index (χ0v) is 33.4. The van der Waals surface area contributed by atoms with Gasteiger partial charge in [-0.1, -0.05) is 105 Å².